The number of nitrogens with one attached hydrogen (secondary N) is 2. The average Bonchev–Trinajstić information content (AvgIpc) is 3.41. The summed E-state index contributed by atoms with van der Waals surface area (Å²) < 4.78 is 40.6. The Morgan fingerprint density at radius 2 is 1.82 bits per heavy atom. The first kappa shape index (κ1) is 23.2. The predicted octanol–water partition coefficient (Wildman–Crippen LogP) is 4.02. The highest BCUT2D eigenvalue weighted by Crippen LogP contribution is 2.46. The van der Waals surface area contributed by atoms with E-state index in [0.717, 1.165) is 45.4 Å². The molecule has 1 heterocycles. The predicted molar refractivity (Wildman–Crippen MR) is 110 cm³/mol. The van der Waals surface area contributed by atoms with E-state index in [4.69, 9.17) is 23.8 Å². The molecule has 0 atom stereocenters. The first-order chi connectivity index (χ1) is 13.3. The van der Waals surface area contributed by atoms with Crippen LogP contribution < -0.4 is 10.6 Å². The van der Waals surface area contributed by atoms with Crippen molar-refractivity contribution >= 4 is 28.9 Å². The largest absolute Gasteiger partial charge is 0.436 e. The quantitative estimate of drug-likeness (QED) is 0.403. The SMILES string of the molecule is CCN(CC)CCCNC(=S)NCCCn1nc(C(F)(F)F)c(Cl)c1C1CC1. The Balaban J connectivity index is 1.73. The van der Waals surface area contributed by atoms with Gasteiger partial charge in [0.2, 0.25) is 0 Å². The number of aromatic nitrogens is 2. The zero-order valence-corrected chi connectivity index (χ0v) is 18.0. The van der Waals surface area contributed by atoms with E-state index in [1.165, 1.54) is 4.68 Å². The van der Waals surface area contributed by atoms with Crippen LogP contribution in [0.5, 0.6) is 0 Å². The molecule has 0 unspecified atom stereocenters. The summed E-state index contributed by atoms with van der Waals surface area (Å²) in [5.74, 6) is 0.0950. The van der Waals surface area contributed by atoms with Crippen LogP contribution in [-0.4, -0.2) is 52.5 Å². The molecule has 10 heteroatoms. The molecule has 0 radical (unpaired) electrons. The summed E-state index contributed by atoms with van der Waals surface area (Å²) in [6.45, 7) is 9.10. The second kappa shape index (κ2) is 10.6. The highest BCUT2D eigenvalue weighted by molar-refractivity contribution is 7.80. The number of alkyl halides is 3. The molecular formula is C18H29ClF3N5S. The van der Waals surface area contributed by atoms with E-state index in [1.807, 2.05) is 0 Å². The molecule has 0 amide bonds. The maximum Gasteiger partial charge on any atom is 0.436 e. The third-order valence-corrected chi connectivity index (χ3v) is 5.49. The van der Waals surface area contributed by atoms with Crippen LogP contribution in [0.2, 0.25) is 5.02 Å². The standard InChI is InChI=1S/C18H29ClF3N5S/c1-3-26(4-2)11-5-9-23-17(28)24-10-6-12-27-15(13-7-8-13)14(19)16(25-27)18(20,21)22/h13H,3-12H2,1-2H3,(H2,23,24,28). The molecule has 0 aliphatic heterocycles. The Morgan fingerprint density at radius 3 is 2.36 bits per heavy atom. The van der Waals surface area contributed by atoms with Crippen molar-refractivity contribution < 1.29 is 13.2 Å². The van der Waals surface area contributed by atoms with Crippen molar-refractivity contribution in [1.82, 2.24) is 25.3 Å². The molecule has 160 valence electrons. The molecule has 2 N–H and O–H groups in total. The lowest BCUT2D eigenvalue weighted by Gasteiger charge is -2.18. The zero-order valence-electron chi connectivity index (χ0n) is 16.4. The van der Waals surface area contributed by atoms with Crippen LogP contribution in [0.4, 0.5) is 13.2 Å². The minimum Gasteiger partial charge on any atom is -0.363 e. The molecule has 2 rings (SSSR count). The van der Waals surface area contributed by atoms with Crippen molar-refractivity contribution in [2.45, 2.75) is 58.2 Å². The van der Waals surface area contributed by atoms with Crippen molar-refractivity contribution in [3.05, 3.63) is 16.4 Å². The second-order valence-electron chi connectivity index (χ2n) is 6.96. The van der Waals surface area contributed by atoms with E-state index >= 15 is 0 Å². The Bertz CT molecular complexity index is 642. The molecule has 28 heavy (non-hydrogen) atoms. The van der Waals surface area contributed by atoms with E-state index in [0.29, 0.717) is 30.3 Å². The molecule has 0 aromatic carbocycles. The summed E-state index contributed by atoms with van der Waals surface area (Å²) in [5, 5.41) is 10.3. The Hall–Kier alpha value is -1.06. The molecule has 1 aromatic rings. The molecule has 1 saturated carbocycles. The summed E-state index contributed by atoms with van der Waals surface area (Å²) in [6.07, 6.45) is -1.19. The zero-order chi connectivity index (χ0) is 20.7. The van der Waals surface area contributed by atoms with Gasteiger partial charge in [0.25, 0.3) is 0 Å². The molecule has 1 aromatic heterocycles. The van der Waals surface area contributed by atoms with Crippen LogP contribution >= 0.6 is 23.8 Å². The fraction of sp³-hybridized carbons (Fsp3) is 0.778. The van der Waals surface area contributed by atoms with Gasteiger partial charge in [-0.05, 0) is 57.5 Å². The van der Waals surface area contributed by atoms with Crippen molar-refractivity contribution in [3.63, 3.8) is 0 Å². The minimum atomic E-state index is -4.53. The lowest BCUT2D eigenvalue weighted by atomic mass is 10.2. The van der Waals surface area contributed by atoms with Gasteiger partial charge in [-0.2, -0.15) is 18.3 Å². The third-order valence-electron chi connectivity index (χ3n) is 4.83. The van der Waals surface area contributed by atoms with E-state index in [9.17, 15) is 13.2 Å². The van der Waals surface area contributed by atoms with E-state index < -0.39 is 11.9 Å². The van der Waals surface area contributed by atoms with E-state index in [1.54, 1.807) is 0 Å². The van der Waals surface area contributed by atoms with Gasteiger partial charge in [0, 0.05) is 25.6 Å². The summed E-state index contributed by atoms with van der Waals surface area (Å²) in [6, 6.07) is 0. The topological polar surface area (TPSA) is 45.1 Å². The van der Waals surface area contributed by atoms with Crippen LogP contribution in [-0.2, 0) is 12.7 Å². The summed E-state index contributed by atoms with van der Waals surface area (Å²) in [5.41, 5.74) is -0.458. The molecule has 1 aliphatic carbocycles. The van der Waals surface area contributed by atoms with E-state index in [2.05, 4.69) is 34.5 Å². The highest BCUT2D eigenvalue weighted by Gasteiger charge is 2.41. The number of nitrogens with zero attached hydrogens (tertiary/aromatic N) is 3. The number of halogens is 4. The maximum atomic E-state index is 13.1. The number of rotatable bonds is 11. The fourth-order valence-corrected chi connectivity index (χ4v) is 3.69. The van der Waals surface area contributed by atoms with Gasteiger partial charge in [-0.3, -0.25) is 4.68 Å². The van der Waals surface area contributed by atoms with Crippen LogP contribution in [0.25, 0.3) is 0 Å². The summed E-state index contributed by atoms with van der Waals surface area (Å²) in [4.78, 5) is 2.35. The second-order valence-corrected chi connectivity index (χ2v) is 7.75. The summed E-state index contributed by atoms with van der Waals surface area (Å²) in [7, 11) is 0. The van der Waals surface area contributed by atoms with Gasteiger partial charge in [-0.25, -0.2) is 0 Å². The van der Waals surface area contributed by atoms with Gasteiger partial charge < -0.3 is 15.5 Å². The van der Waals surface area contributed by atoms with Crippen molar-refractivity contribution in [2.24, 2.45) is 0 Å². The number of thiocarbonyl (C=S) groups is 1. The molecular weight excluding hydrogens is 411 g/mol. The average molecular weight is 440 g/mol. The monoisotopic (exact) mass is 439 g/mol. The lowest BCUT2D eigenvalue weighted by Crippen LogP contribution is -2.37. The van der Waals surface area contributed by atoms with Gasteiger partial charge in [-0.15, -0.1) is 0 Å². The maximum absolute atomic E-state index is 13.1. The highest BCUT2D eigenvalue weighted by atomic mass is 35.5. The van der Waals surface area contributed by atoms with Gasteiger partial charge >= 0.3 is 6.18 Å². The minimum absolute atomic E-state index is 0.0950. The molecule has 0 saturated heterocycles. The van der Waals surface area contributed by atoms with Crippen molar-refractivity contribution in [2.75, 3.05) is 32.7 Å². The van der Waals surface area contributed by atoms with Crippen LogP contribution in [0.3, 0.4) is 0 Å². The molecule has 1 fully saturated rings. The Kier molecular flexibility index (Phi) is 8.82. The summed E-state index contributed by atoms with van der Waals surface area (Å²) >= 11 is 11.2. The molecule has 0 bridgehead atoms. The van der Waals surface area contributed by atoms with E-state index in [-0.39, 0.29) is 10.9 Å². The molecule has 1 aliphatic rings. The van der Waals surface area contributed by atoms with Crippen LogP contribution in [0.15, 0.2) is 0 Å². The molecule has 5 nitrogen and oxygen atoms in total. The van der Waals surface area contributed by atoms with Gasteiger partial charge in [0.15, 0.2) is 10.8 Å². The normalized spacial score (nSPS) is 14.5. The smallest absolute Gasteiger partial charge is 0.363 e. The van der Waals surface area contributed by atoms with Crippen LogP contribution in [0, 0.1) is 0 Å². The van der Waals surface area contributed by atoms with Crippen molar-refractivity contribution in [1.29, 1.82) is 0 Å². The first-order valence-electron chi connectivity index (χ1n) is 9.85. The van der Waals surface area contributed by atoms with Crippen molar-refractivity contribution in [3.8, 4) is 0 Å². The first-order valence-corrected chi connectivity index (χ1v) is 10.6. The lowest BCUT2D eigenvalue weighted by molar-refractivity contribution is -0.141. The third kappa shape index (κ3) is 6.77. The number of aryl methyl sites for hydroxylation is 1. The number of hydrogen-bond acceptors (Lipinski definition) is 3. The van der Waals surface area contributed by atoms with Crippen LogP contribution in [0.1, 0.15) is 56.8 Å². The molecule has 0 spiro atoms. The van der Waals surface area contributed by atoms with Gasteiger partial charge in [0.05, 0.1) is 10.7 Å². The number of hydrogen-bond donors (Lipinski definition) is 2. The van der Waals surface area contributed by atoms with Gasteiger partial charge in [0.1, 0.15) is 0 Å². The van der Waals surface area contributed by atoms with Gasteiger partial charge in [-0.1, -0.05) is 25.4 Å². The Labute approximate surface area is 175 Å². The fourth-order valence-electron chi connectivity index (χ4n) is 3.09. The Morgan fingerprint density at radius 1 is 1.21 bits per heavy atom.